The highest BCUT2D eigenvalue weighted by atomic mass is 35.5. The second-order valence-corrected chi connectivity index (χ2v) is 8.29. The van der Waals surface area contributed by atoms with Crippen LogP contribution >= 0.6 is 11.6 Å². The summed E-state index contributed by atoms with van der Waals surface area (Å²) >= 11 is 6.12. The van der Waals surface area contributed by atoms with E-state index >= 15 is 0 Å². The van der Waals surface area contributed by atoms with Gasteiger partial charge in [-0.15, -0.1) is 0 Å². The van der Waals surface area contributed by atoms with Crippen molar-refractivity contribution in [3.05, 3.63) is 70.5 Å². The van der Waals surface area contributed by atoms with E-state index in [4.69, 9.17) is 11.6 Å². The van der Waals surface area contributed by atoms with Gasteiger partial charge in [0.2, 0.25) is 0 Å². The van der Waals surface area contributed by atoms with Gasteiger partial charge in [0.05, 0.1) is 42.4 Å². The predicted molar refractivity (Wildman–Crippen MR) is 109 cm³/mol. The fraction of sp³-hybridized carbons (Fsp3) is 0.333. The second-order valence-electron chi connectivity index (χ2n) is 7.89. The van der Waals surface area contributed by atoms with Crippen molar-refractivity contribution in [2.75, 3.05) is 39.6 Å². The van der Waals surface area contributed by atoms with Crippen molar-refractivity contribution in [1.82, 2.24) is 14.7 Å². The average Bonchev–Trinajstić information content (AvgIpc) is 2.66. The highest BCUT2D eigenvalue weighted by Crippen LogP contribution is 2.38. The summed E-state index contributed by atoms with van der Waals surface area (Å²) in [5.74, 6) is -0.397. The third kappa shape index (κ3) is 3.16. The molecule has 4 fully saturated rings. The highest BCUT2D eigenvalue weighted by Gasteiger charge is 2.51. The molecule has 5 nitrogen and oxygen atoms in total. The Kier molecular flexibility index (Phi) is 4.51. The molecule has 144 valence electrons. The maximum absolute atomic E-state index is 14.1. The smallest absolute Gasteiger partial charge is 0.133 e. The third-order valence-electron chi connectivity index (χ3n) is 5.67. The average molecular weight is 398 g/mol. The molecule has 4 heterocycles. The van der Waals surface area contributed by atoms with Gasteiger partial charge < -0.3 is 0 Å². The fourth-order valence-corrected chi connectivity index (χ4v) is 5.00. The zero-order valence-corrected chi connectivity index (χ0v) is 16.2. The van der Waals surface area contributed by atoms with Gasteiger partial charge >= 0.3 is 0 Å². The van der Waals surface area contributed by atoms with Crippen LogP contribution in [0.3, 0.4) is 0 Å². The quantitative estimate of drug-likeness (QED) is 0.587. The lowest BCUT2D eigenvalue weighted by Crippen LogP contribution is -2.74. The van der Waals surface area contributed by atoms with Gasteiger partial charge in [0.25, 0.3) is 0 Å². The molecular formula is C21H21ClFN5. The summed E-state index contributed by atoms with van der Waals surface area (Å²) in [7, 11) is 0. The van der Waals surface area contributed by atoms with Crippen molar-refractivity contribution in [2.45, 2.75) is 0 Å². The Morgan fingerprint density at radius 3 is 2.18 bits per heavy atom. The highest BCUT2D eigenvalue weighted by molar-refractivity contribution is 6.33. The minimum atomic E-state index is -0.397. The van der Waals surface area contributed by atoms with Gasteiger partial charge in [-0.1, -0.05) is 48.0 Å². The molecule has 0 radical (unpaired) electrons. The number of nitrogens with zero attached hydrogens (tertiary/aromatic N) is 5. The van der Waals surface area contributed by atoms with Crippen molar-refractivity contribution in [2.24, 2.45) is 15.6 Å². The Labute approximate surface area is 168 Å². The molecule has 0 aromatic heterocycles. The van der Waals surface area contributed by atoms with Crippen LogP contribution in [0.25, 0.3) is 0 Å². The lowest BCUT2D eigenvalue weighted by atomic mass is 9.74. The summed E-state index contributed by atoms with van der Waals surface area (Å²) in [5.41, 5.74) is 2.18. The molecule has 7 heteroatoms. The fourth-order valence-electron chi connectivity index (χ4n) is 4.79. The number of hydrogen-bond acceptors (Lipinski definition) is 5. The number of halogens is 2. The molecule has 0 aliphatic carbocycles. The van der Waals surface area contributed by atoms with Crippen molar-refractivity contribution < 1.29 is 4.39 Å². The molecule has 2 aromatic rings. The van der Waals surface area contributed by atoms with Gasteiger partial charge in [0, 0.05) is 25.2 Å². The minimum absolute atomic E-state index is 0.105. The van der Waals surface area contributed by atoms with Crippen molar-refractivity contribution >= 4 is 23.5 Å². The first-order chi connectivity index (χ1) is 13.6. The number of hydrogen-bond donors (Lipinski definition) is 0. The van der Waals surface area contributed by atoms with Crippen LogP contribution in [0.4, 0.5) is 4.39 Å². The van der Waals surface area contributed by atoms with Gasteiger partial charge in [-0.25, -0.2) is 4.39 Å². The maximum atomic E-state index is 14.1. The molecule has 4 saturated heterocycles. The molecule has 0 spiro atoms. The number of rotatable bonds is 4. The van der Waals surface area contributed by atoms with Crippen LogP contribution in [0, 0.1) is 11.2 Å². The zero-order chi connectivity index (χ0) is 19.1. The van der Waals surface area contributed by atoms with Crippen LogP contribution in [0.2, 0.25) is 5.02 Å². The first-order valence-electron chi connectivity index (χ1n) is 9.41. The first kappa shape index (κ1) is 17.9. The van der Waals surface area contributed by atoms with Crippen LogP contribution in [-0.4, -0.2) is 66.3 Å². The minimum Gasteiger partial charge on any atom is -0.276 e. The van der Waals surface area contributed by atoms with Crippen LogP contribution in [0.5, 0.6) is 0 Å². The summed E-state index contributed by atoms with van der Waals surface area (Å²) < 4.78 is 14.1. The summed E-state index contributed by atoms with van der Waals surface area (Å²) in [6, 6.07) is 14.8. The van der Waals surface area contributed by atoms with E-state index in [9.17, 15) is 4.39 Å². The summed E-state index contributed by atoms with van der Waals surface area (Å²) in [4.78, 5) is 7.35. The normalized spacial score (nSPS) is 31.6. The van der Waals surface area contributed by atoms with Crippen LogP contribution in [0.1, 0.15) is 11.1 Å². The molecule has 2 aromatic carbocycles. The van der Waals surface area contributed by atoms with E-state index in [0.29, 0.717) is 5.02 Å². The molecule has 28 heavy (non-hydrogen) atoms. The molecule has 4 aliphatic rings. The molecule has 0 amide bonds. The van der Waals surface area contributed by atoms with Gasteiger partial charge in [0.1, 0.15) is 5.82 Å². The standard InChI is InChI=1S/C21H21ClFN5/c22-18-7-4-8-19(23)17(18)9-24-25-20(16-5-2-1-3-6-16)21-10-26-13-27(11-21)15-28(12-21)14-26/h1-9H,10-15H2/b24-9-,25-20?. The van der Waals surface area contributed by atoms with Gasteiger partial charge in [-0.3, -0.25) is 14.7 Å². The topological polar surface area (TPSA) is 34.4 Å². The van der Waals surface area contributed by atoms with E-state index < -0.39 is 5.82 Å². The summed E-state index contributed by atoms with van der Waals surface area (Å²) in [6.45, 7) is 5.91. The van der Waals surface area contributed by atoms with Gasteiger partial charge in [0.15, 0.2) is 0 Å². The van der Waals surface area contributed by atoms with Crippen LogP contribution in [-0.2, 0) is 0 Å². The monoisotopic (exact) mass is 397 g/mol. The van der Waals surface area contributed by atoms with E-state index in [1.54, 1.807) is 12.1 Å². The second kappa shape index (κ2) is 7.04. The summed E-state index contributed by atoms with van der Waals surface area (Å²) in [5, 5.41) is 9.25. The molecular weight excluding hydrogens is 377 g/mol. The Morgan fingerprint density at radius 1 is 0.929 bits per heavy atom. The summed E-state index contributed by atoms with van der Waals surface area (Å²) in [6.07, 6.45) is 1.42. The van der Waals surface area contributed by atoms with Gasteiger partial charge in [-0.05, 0) is 17.7 Å². The lowest BCUT2D eigenvalue weighted by molar-refractivity contribution is -0.149. The van der Waals surface area contributed by atoms with Crippen molar-refractivity contribution in [1.29, 1.82) is 0 Å². The van der Waals surface area contributed by atoms with E-state index in [1.165, 1.54) is 12.3 Å². The zero-order valence-electron chi connectivity index (χ0n) is 15.4. The lowest BCUT2D eigenvalue weighted by Gasteiger charge is -2.60. The Hall–Kier alpha value is -2.12. The van der Waals surface area contributed by atoms with Crippen molar-refractivity contribution in [3.8, 4) is 0 Å². The first-order valence-corrected chi connectivity index (χ1v) is 9.79. The third-order valence-corrected chi connectivity index (χ3v) is 6.00. The Bertz CT molecular complexity index is 888. The molecule has 4 bridgehead atoms. The van der Waals surface area contributed by atoms with Crippen LogP contribution in [0.15, 0.2) is 58.7 Å². The molecule has 6 rings (SSSR count). The largest absolute Gasteiger partial charge is 0.276 e. The van der Waals surface area contributed by atoms with E-state index in [2.05, 4.69) is 37.0 Å². The van der Waals surface area contributed by atoms with Crippen LogP contribution < -0.4 is 0 Å². The van der Waals surface area contributed by atoms with Crippen molar-refractivity contribution in [3.63, 3.8) is 0 Å². The maximum Gasteiger partial charge on any atom is 0.133 e. The molecule has 0 saturated carbocycles. The molecule has 0 unspecified atom stereocenters. The SMILES string of the molecule is Fc1cccc(Cl)c1/C=N\N=C(c1ccccc1)C12CN3CN(CN(C3)C1)C2. The Balaban J connectivity index is 1.55. The predicted octanol–water partition coefficient (Wildman–Crippen LogP) is 3.11. The van der Waals surface area contributed by atoms with E-state index in [1.807, 2.05) is 18.2 Å². The Morgan fingerprint density at radius 2 is 1.57 bits per heavy atom. The molecule has 0 N–H and O–H groups in total. The number of benzene rings is 2. The molecule has 4 aliphatic heterocycles. The van der Waals surface area contributed by atoms with E-state index in [0.717, 1.165) is 50.9 Å². The molecule has 0 atom stereocenters. The van der Waals surface area contributed by atoms with E-state index in [-0.39, 0.29) is 11.0 Å². The van der Waals surface area contributed by atoms with Gasteiger partial charge in [-0.2, -0.15) is 10.2 Å².